The van der Waals surface area contributed by atoms with E-state index in [1.54, 1.807) is 15.9 Å². The van der Waals surface area contributed by atoms with Crippen LogP contribution < -0.4 is 4.90 Å². The first-order chi connectivity index (χ1) is 11.8. The van der Waals surface area contributed by atoms with Crippen molar-refractivity contribution in [2.24, 2.45) is 17.0 Å². The van der Waals surface area contributed by atoms with E-state index in [1.165, 1.54) is 12.3 Å². The van der Waals surface area contributed by atoms with Gasteiger partial charge in [0.05, 0.1) is 11.9 Å². The molecule has 0 N–H and O–H groups in total. The Hall–Kier alpha value is -2.51. The van der Waals surface area contributed by atoms with Crippen LogP contribution in [0.2, 0.25) is 0 Å². The number of likely N-dealkylation sites (tertiary alicyclic amines) is 1. The average molecular weight is 346 g/mol. The van der Waals surface area contributed by atoms with Crippen molar-refractivity contribution >= 4 is 23.5 Å². The third kappa shape index (κ3) is 3.78. The highest BCUT2D eigenvalue weighted by molar-refractivity contribution is 5.94. The molecule has 2 saturated heterocycles. The van der Waals surface area contributed by atoms with E-state index in [4.69, 9.17) is 4.74 Å². The van der Waals surface area contributed by atoms with Crippen molar-refractivity contribution in [1.82, 2.24) is 9.88 Å². The lowest BCUT2D eigenvalue weighted by Crippen LogP contribution is -2.44. The van der Waals surface area contributed by atoms with Crippen molar-refractivity contribution in [3.05, 3.63) is 23.2 Å². The number of nitroso groups, excluding NO2 is 1. The number of carbonyl (C=O) groups is 2. The summed E-state index contributed by atoms with van der Waals surface area (Å²) >= 11 is 0. The van der Waals surface area contributed by atoms with Crippen LogP contribution in [0.15, 0.2) is 23.5 Å². The minimum Gasteiger partial charge on any atom is -0.444 e. The highest BCUT2D eigenvalue weighted by atomic mass is 16.6. The number of carbonyl (C=O) groups excluding carboxylic acids is 2. The number of fused-ring (bicyclic) bond motifs is 1. The fraction of sp³-hybridized carbons (Fsp3) is 0.588. The van der Waals surface area contributed by atoms with Gasteiger partial charge in [-0.3, -0.25) is 4.79 Å². The SMILES string of the molecule is CC(C)(C)OC(=O)N1CC2CC(=O)N(c3ccc(N=O)nc3)CC2C1. The normalized spacial score (nSPS) is 23.4. The predicted molar refractivity (Wildman–Crippen MR) is 91.4 cm³/mol. The van der Waals surface area contributed by atoms with Gasteiger partial charge in [0.15, 0.2) is 5.82 Å². The number of hydrogen-bond acceptors (Lipinski definition) is 6. The maximum atomic E-state index is 12.5. The molecule has 2 amide bonds. The van der Waals surface area contributed by atoms with Crippen LogP contribution in [0.25, 0.3) is 0 Å². The van der Waals surface area contributed by atoms with E-state index in [0.717, 1.165) is 0 Å². The van der Waals surface area contributed by atoms with Crippen molar-refractivity contribution in [2.75, 3.05) is 24.5 Å². The molecular formula is C17H22N4O4. The van der Waals surface area contributed by atoms with Gasteiger partial charge in [0, 0.05) is 26.1 Å². The number of piperidine rings is 1. The van der Waals surface area contributed by atoms with E-state index in [9.17, 15) is 14.5 Å². The Bertz CT molecular complexity index is 683. The van der Waals surface area contributed by atoms with Gasteiger partial charge in [0.2, 0.25) is 5.91 Å². The van der Waals surface area contributed by atoms with Crippen LogP contribution >= 0.6 is 0 Å². The van der Waals surface area contributed by atoms with Gasteiger partial charge in [-0.05, 0) is 49.9 Å². The zero-order chi connectivity index (χ0) is 18.2. The first-order valence-corrected chi connectivity index (χ1v) is 8.34. The molecule has 0 spiro atoms. The molecule has 3 heterocycles. The molecule has 2 aliphatic heterocycles. The van der Waals surface area contributed by atoms with Crippen LogP contribution in [-0.4, -0.2) is 47.1 Å². The van der Waals surface area contributed by atoms with E-state index in [0.29, 0.717) is 31.7 Å². The largest absolute Gasteiger partial charge is 0.444 e. The Morgan fingerprint density at radius 3 is 2.56 bits per heavy atom. The molecule has 0 aliphatic carbocycles. The maximum Gasteiger partial charge on any atom is 0.410 e. The summed E-state index contributed by atoms with van der Waals surface area (Å²) in [6.07, 6.45) is 1.54. The molecule has 2 unspecified atom stereocenters. The average Bonchev–Trinajstić information content (AvgIpc) is 2.95. The minimum absolute atomic E-state index is 0.000834. The Morgan fingerprint density at radius 2 is 1.96 bits per heavy atom. The summed E-state index contributed by atoms with van der Waals surface area (Å²) in [4.78, 5) is 42.5. The minimum atomic E-state index is -0.535. The van der Waals surface area contributed by atoms with Crippen LogP contribution in [-0.2, 0) is 9.53 Å². The Morgan fingerprint density at radius 1 is 1.24 bits per heavy atom. The fourth-order valence-corrected chi connectivity index (χ4v) is 3.36. The summed E-state index contributed by atoms with van der Waals surface area (Å²) in [5.41, 5.74) is 0.110. The predicted octanol–water partition coefficient (Wildman–Crippen LogP) is 2.70. The lowest BCUT2D eigenvalue weighted by Gasteiger charge is -2.33. The first kappa shape index (κ1) is 17.3. The summed E-state index contributed by atoms with van der Waals surface area (Å²) in [5, 5.41) is 2.76. The molecule has 2 atom stereocenters. The quantitative estimate of drug-likeness (QED) is 0.768. The Balaban J connectivity index is 1.68. The molecule has 8 nitrogen and oxygen atoms in total. The summed E-state index contributed by atoms with van der Waals surface area (Å²) in [6.45, 7) is 7.16. The molecule has 1 aromatic rings. The molecule has 1 aromatic heterocycles. The Labute approximate surface area is 146 Å². The molecule has 8 heteroatoms. The highest BCUT2D eigenvalue weighted by Crippen LogP contribution is 2.34. The second-order valence-electron chi connectivity index (χ2n) is 7.58. The monoisotopic (exact) mass is 346 g/mol. The molecule has 0 aromatic carbocycles. The molecule has 134 valence electrons. The van der Waals surface area contributed by atoms with Crippen molar-refractivity contribution in [1.29, 1.82) is 0 Å². The molecule has 25 heavy (non-hydrogen) atoms. The molecule has 0 radical (unpaired) electrons. The van der Waals surface area contributed by atoms with Gasteiger partial charge in [-0.2, -0.15) is 0 Å². The Kier molecular flexibility index (Phi) is 4.45. The lowest BCUT2D eigenvalue weighted by molar-refractivity contribution is -0.121. The molecular weight excluding hydrogens is 324 g/mol. The number of anilines is 1. The smallest absolute Gasteiger partial charge is 0.410 e. The van der Waals surface area contributed by atoms with Gasteiger partial charge < -0.3 is 14.5 Å². The molecule has 2 fully saturated rings. The van der Waals surface area contributed by atoms with Crippen LogP contribution in [0.5, 0.6) is 0 Å². The molecule has 0 saturated carbocycles. The van der Waals surface area contributed by atoms with Crippen LogP contribution in [0.1, 0.15) is 27.2 Å². The zero-order valence-corrected chi connectivity index (χ0v) is 14.6. The zero-order valence-electron chi connectivity index (χ0n) is 14.6. The van der Waals surface area contributed by atoms with Crippen molar-refractivity contribution in [3.8, 4) is 0 Å². The molecule has 0 bridgehead atoms. The first-order valence-electron chi connectivity index (χ1n) is 8.34. The van der Waals surface area contributed by atoms with E-state index in [1.807, 2.05) is 20.8 Å². The van der Waals surface area contributed by atoms with Gasteiger partial charge in [-0.1, -0.05) is 0 Å². The summed E-state index contributed by atoms with van der Waals surface area (Å²) in [6, 6.07) is 3.16. The highest BCUT2D eigenvalue weighted by Gasteiger charge is 2.43. The van der Waals surface area contributed by atoms with E-state index >= 15 is 0 Å². The standard InChI is InChI=1S/C17H22N4O4/c1-17(2,3)25-16(23)20-8-11-6-15(22)21(10-12(11)9-20)13-4-5-14(19-24)18-7-13/h4-5,7,11-12H,6,8-10H2,1-3H3. The fourth-order valence-electron chi connectivity index (χ4n) is 3.36. The van der Waals surface area contributed by atoms with Gasteiger partial charge in [-0.25, -0.2) is 9.78 Å². The third-order valence-electron chi connectivity index (χ3n) is 4.52. The second-order valence-corrected chi connectivity index (χ2v) is 7.58. The van der Waals surface area contributed by atoms with Crippen LogP contribution in [0.3, 0.4) is 0 Å². The number of rotatable bonds is 2. The van der Waals surface area contributed by atoms with Crippen molar-refractivity contribution < 1.29 is 14.3 Å². The molecule has 2 aliphatic rings. The van der Waals surface area contributed by atoms with Crippen LogP contribution in [0.4, 0.5) is 16.3 Å². The van der Waals surface area contributed by atoms with Crippen molar-refractivity contribution in [2.45, 2.75) is 32.8 Å². The third-order valence-corrected chi connectivity index (χ3v) is 4.52. The number of nitrogens with zero attached hydrogens (tertiary/aromatic N) is 4. The van der Waals surface area contributed by atoms with Gasteiger partial charge >= 0.3 is 6.09 Å². The lowest BCUT2D eigenvalue weighted by atomic mass is 9.88. The number of amides is 2. The van der Waals surface area contributed by atoms with E-state index in [2.05, 4.69) is 10.2 Å². The molecule has 3 rings (SSSR count). The van der Waals surface area contributed by atoms with Crippen LogP contribution in [0, 0.1) is 16.7 Å². The van der Waals surface area contributed by atoms with Gasteiger partial charge in [-0.15, -0.1) is 4.91 Å². The second kappa shape index (κ2) is 6.42. The van der Waals surface area contributed by atoms with Crippen molar-refractivity contribution in [3.63, 3.8) is 0 Å². The number of ether oxygens (including phenoxy) is 1. The summed E-state index contributed by atoms with van der Waals surface area (Å²) < 4.78 is 5.43. The van der Waals surface area contributed by atoms with E-state index < -0.39 is 5.60 Å². The number of pyridine rings is 1. The summed E-state index contributed by atoms with van der Waals surface area (Å²) in [7, 11) is 0. The maximum absolute atomic E-state index is 12.5. The number of aromatic nitrogens is 1. The van der Waals surface area contributed by atoms with E-state index in [-0.39, 0.29) is 29.7 Å². The topological polar surface area (TPSA) is 92.2 Å². The summed E-state index contributed by atoms with van der Waals surface area (Å²) in [5.74, 6) is 0.443. The van der Waals surface area contributed by atoms with Gasteiger partial charge in [0.1, 0.15) is 5.60 Å². The van der Waals surface area contributed by atoms with Gasteiger partial charge in [0.25, 0.3) is 0 Å². The number of hydrogen-bond donors (Lipinski definition) is 0.